The van der Waals surface area contributed by atoms with Crippen molar-refractivity contribution in [2.24, 2.45) is 0 Å². The molecule has 0 spiro atoms. The maximum absolute atomic E-state index is 13.0. The molecular weight excluding hydrogens is 621 g/mol. The first-order valence-corrected chi connectivity index (χ1v) is 20.4. The van der Waals surface area contributed by atoms with Gasteiger partial charge in [-0.15, -0.1) is 0 Å². The van der Waals surface area contributed by atoms with E-state index in [0.29, 0.717) is 12.8 Å². The summed E-state index contributed by atoms with van der Waals surface area (Å²) in [5, 5.41) is 0.277. The second-order valence-electron chi connectivity index (χ2n) is 13.4. The third kappa shape index (κ3) is 34.1. The Morgan fingerprint density at radius 3 is 1.21 bits per heavy atom. The van der Waals surface area contributed by atoms with Crippen LogP contribution in [0, 0.1) is 0 Å². The largest absolute Gasteiger partial charge is 0.469 e. The molecule has 0 aliphatic carbocycles. The lowest BCUT2D eigenvalue weighted by atomic mass is 10.1. The zero-order valence-electron chi connectivity index (χ0n) is 31.7. The Hall–Kier alpha value is -1.80. The number of allylic oxidation sites excluding steroid dienone is 4. The molecule has 48 heavy (non-hydrogen) atoms. The fraction of sp³-hybridized carbons (Fsp3) is 0.825. The summed E-state index contributed by atoms with van der Waals surface area (Å²) in [6.07, 6.45) is 37.0. The minimum absolute atomic E-state index is 0.103. The Morgan fingerprint density at radius 1 is 0.479 bits per heavy atom. The number of hydrogen-bond donors (Lipinski definition) is 0. The van der Waals surface area contributed by atoms with Crippen molar-refractivity contribution in [2.75, 3.05) is 53.7 Å². The second-order valence-corrected chi connectivity index (χ2v) is 14.4. The molecule has 0 aromatic rings. The first kappa shape index (κ1) is 46.2. The lowest BCUT2D eigenvalue weighted by Gasteiger charge is -2.22. The van der Waals surface area contributed by atoms with E-state index in [9.17, 15) is 14.4 Å². The minimum atomic E-state index is -0.103. The van der Waals surface area contributed by atoms with Crippen molar-refractivity contribution in [3.05, 3.63) is 24.3 Å². The second kappa shape index (κ2) is 36.5. The van der Waals surface area contributed by atoms with Gasteiger partial charge in [-0.3, -0.25) is 14.4 Å². The van der Waals surface area contributed by atoms with Crippen LogP contribution in [0.15, 0.2) is 24.3 Å². The molecule has 0 saturated heterocycles. The highest BCUT2D eigenvalue weighted by molar-refractivity contribution is 8.13. The summed E-state index contributed by atoms with van der Waals surface area (Å²) in [4.78, 5) is 39.6. The number of ether oxygens (including phenoxy) is 2. The van der Waals surface area contributed by atoms with Crippen molar-refractivity contribution in [3.8, 4) is 0 Å². The Bertz CT molecular complexity index is 765. The molecule has 0 rings (SSSR count). The van der Waals surface area contributed by atoms with Crippen molar-refractivity contribution in [1.29, 1.82) is 0 Å². The van der Waals surface area contributed by atoms with Crippen molar-refractivity contribution in [1.82, 2.24) is 9.80 Å². The van der Waals surface area contributed by atoms with Crippen LogP contribution in [0.1, 0.15) is 161 Å². The molecule has 280 valence electrons. The summed E-state index contributed by atoms with van der Waals surface area (Å²) in [6, 6.07) is 0. The zero-order valence-corrected chi connectivity index (χ0v) is 32.5. The van der Waals surface area contributed by atoms with Crippen molar-refractivity contribution in [3.63, 3.8) is 0 Å². The molecule has 0 atom stereocenters. The van der Waals surface area contributed by atoms with Crippen LogP contribution in [0.25, 0.3) is 0 Å². The zero-order chi connectivity index (χ0) is 35.3. The van der Waals surface area contributed by atoms with Gasteiger partial charge >= 0.3 is 11.9 Å². The maximum Gasteiger partial charge on any atom is 0.305 e. The monoisotopic (exact) mass is 695 g/mol. The van der Waals surface area contributed by atoms with Gasteiger partial charge in [0.25, 0.3) is 5.24 Å². The third-order valence-corrected chi connectivity index (χ3v) is 9.62. The third-order valence-electron chi connectivity index (χ3n) is 8.62. The summed E-state index contributed by atoms with van der Waals surface area (Å²) < 4.78 is 9.36. The van der Waals surface area contributed by atoms with Crippen molar-refractivity contribution in [2.45, 2.75) is 161 Å². The SMILES string of the molecule is COC(=O)CCCCC/C=C\CCCCCCCCN(CCCCCCCC/C=C\CCCCCC(=O)OC)C(=O)SCCCN(C)C. The molecule has 0 aromatic heterocycles. The van der Waals surface area contributed by atoms with Gasteiger partial charge in [-0.2, -0.15) is 0 Å². The van der Waals surface area contributed by atoms with E-state index in [2.05, 4.69) is 57.7 Å². The Kier molecular flexibility index (Phi) is 35.1. The Morgan fingerprint density at radius 2 is 0.833 bits per heavy atom. The molecular formula is C40H74N2O5S. The highest BCUT2D eigenvalue weighted by Gasteiger charge is 2.13. The van der Waals surface area contributed by atoms with Crippen molar-refractivity contribution >= 4 is 28.9 Å². The van der Waals surface area contributed by atoms with Gasteiger partial charge in [-0.25, -0.2) is 0 Å². The van der Waals surface area contributed by atoms with E-state index in [-0.39, 0.29) is 17.2 Å². The van der Waals surface area contributed by atoms with Crippen LogP contribution in [0.4, 0.5) is 4.79 Å². The highest BCUT2D eigenvalue weighted by Crippen LogP contribution is 2.16. The van der Waals surface area contributed by atoms with Gasteiger partial charge in [0.05, 0.1) is 14.2 Å². The summed E-state index contributed by atoms with van der Waals surface area (Å²) in [5.41, 5.74) is 0. The van der Waals surface area contributed by atoms with Crippen molar-refractivity contribution < 1.29 is 23.9 Å². The molecule has 0 saturated carbocycles. The van der Waals surface area contributed by atoms with Crippen LogP contribution in [0.2, 0.25) is 0 Å². The number of esters is 2. The van der Waals surface area contributed by atoms with Gasteiger partial charge in [0.1, 0.15) is 0 Å². The number of thioether (sulfide) groups is 1. The van der Waals surface area contributed by atoms with E-state index in [0.717, 1.165) is 109 Å². The summed E-state index contributed by atoms with van der Waals surface area (Å²) in [5.74, 6) is 0.698. The van der Waals surface area contributed by atoms with Crippen LogP contribution in [0.5, 0.6) is 0 Å². The summed E-state index contributed by atoms with van der Waals surface area (Å²) in [6.45, 7) is 2.84. The quantitative estimate of drug-likeness (QED) is 0.0377. The van der Waals surface area contributed by atoms with Gasteiger partial charge < -0.3 is 19.3 Å². The molecule has 1 amide bonds. The molecule has 0 radical (unpaired) electrons. The molecule has 8 heteroatoms. The van der Waals surface area contributed by atoms with Crippen LogP contribution >= 0.6 is 11.8 Å². The molecule has 7 nitrogen and oxygen atoms in total. The van der Waals surface area contributed by atoms with E-state index >= 15 is 0 Å². The number of carbonyl (C=O) groups is 3. The van der Waals surface area contributed by atoms with E-state index in [1.807, 2.05) is 0 Å². The van der Waals surface area contributed by atoms with Crippen LogP contribution in [-0.4, -0.2) is 80.7 Å². The van der Waals surface area contributed by atoms with E-state index < -0.39 is 0 Å². The number of carbonyl (C=O) groups excluding carboxylic acids is 3. The predicted molar refractivity (Wildman–Crippen MR) is 206 cm³/mol. The number of rotatable bonds is 34. The van der Waals surface area contributed by atoms with E-state index in [4.69, 9.17) is 0 Å². The maximum atomic E-state index is 13.0. The molecule has 0 aliphatic heterocycles. The topological polar surface area (TPSA) is 76.1 Å². The first-order chi connectivity index (χ1) is 23.4. The van der Waals surface area contributed by atoms with Gasteiger partial charge in [0.15, 0.2) is 0 Å². The lowest BCUT2D eigenvalue weighted by molar-refractivity contribution is -0.141. The fourth-order valence-corrected chi connectivity index (χ4v) is 6.38. The van der Waals surface area contributed by atoms with Gasteiger partial charge in [-0.1, -0.05) is 100 Å². The molecule has 0 N–H and O–H groups in total. The first-order valence-electron chi connectivity index (χ1n) is 19.4. The fourth-order valence-electron chi connectivity index (χ4n) is 5.56. The molecule has 0 heterocycles. The predicted octanol–water partition coefficient (Wildman–Crippen LogP) is 10.9. The number of methoxy groups -OCH3 is 2. The number of nitrogens with zero attached hydrogens (tertiary/aromatic N) is 2. The standard InChI is InChI=1S/C40H74N2O5S/c1-41(2)34-31-37-48-40(45)42(35-29-25-21-17-13-9-5-7-11-15-19-23-27-32-38(43)46-3)36-30-26-22-18-14-10-6-8-12-16-20-24-28-33-39(44)47-4/h7-8,11-12H,5-6,9-10,13-37H2,1-4H3/b11-7-,12-8-. The Labute approximate surface area is 300 Å². The van der Waals surface area contributed by atoms with Crippen LogP contribution in [-0.2, 0) is 19.1 Å². The van der Waals surface area contributed by atoms with Gasteiger partial charge in [-0.05, 0) is 104 Å². The number of amides is 1. The summed E-state index contributed by atoms with van der Waals surface area (Å²) in [7, 11) is 7.08. The molecule has 0 bridgehead atoms. The average molecular weight is 695 g/mol. The van der Waals surface area contributed by atoms with Crippen LogP contribution < -0.4 is 0 Å². The van der Waals surface area contributed by atoms with E-state index in [1.165, 1.54) is 90.2 Å². The molecule has 0 unspecified atom stereocenters. The normalized spacial score (nSPS) is 11.6. The molecule has 0 fully saturated rings. The highest BCUT2D eigenvalue weighted by atomic mass is 32.2. The van der Waals surface area contributed by atoms with Gasteiger partial charge in [0, 0.05) is 31.7 Å². The van der Waals surface area contributed by atoms with Gasteiger partial charge in [0.2, 0.25) is 0 Å². The number of unbranched alkanes of at least 4 members (excludes halogenated alkanes) is 18. The summed E-state index contributed by atoms with van der Waals surface area (Å²) >= 11 is 1.51. The molecule has 0 aliphatic rings. The average Bonchev–Trinajstić information content (AvgIpc) is 3.08. The molecule has 0 aromatic carbocycles. The van der Waals surface area contributed by atoms with Crippen LogP contribution in [0.3, 0.4) is 0 Å². The smallest absolute Gasteiger partial charge is 0.305 e. The van der Waals surface area contributed by atoms with E-state index in [1.54, 1.807) is 0 Å². The minimum Gasteiger partial charge on any atom is -0.469 e. The Balaban J connectivity index is 3.99. The lowest BCUT2D eigenvalue weighted by Crippen LogP contribution is -2.30. The number of hydrogen-bond acceptors (Lipinski definition) is 7.